The van der Waals surface area contributed by atoms with Crippen LogP contribution in [-0.4, -0.2) is 12.5 Å². The molecule has 0 radical (unpaired) electrons. The number of rotatable bonds is 3. The lowest BCUT2D eigenvalue weighted by atomic mass is 10.0. The minimum Gasteiger partial charge on any atom is -0.353 e. The summed E-state index contributed by atoms with van der Waals surface area (Å²) < 4.78 is 0. The average molecular weight is 238 g/mol. The average Bonchev–Trinajstić information content (AvgIpc) is 2.14. The fourth-order valence-corrected chi connectivity index (χ4v) is 1.89. The maximum atomic E-state index is 10.7. The normalized spacial score (nSPS) is 10.8. The second-order valence-corrected chi connectivity index (χ2v) is 4.23. The lowest BCUT2D eigenvalue weighted by Gasteiger charge is -2.06. The summed E-state index contributed by atoms with van der Waals surface area (Å²) in [6.07, 6.45) is 3.95. The number of amides is 1. The van der Waals surface area contributed by atoms with Gasteiger partial charge >= 0.3 is 0 Å². The van der Waals surface area contributed by atoms with E-state index in [2.05, 4.69) is 5.32 Å². The zero-order valence-corrected chi connectivity index (χ0v) is 10.6. The summed E-state index contributed by atoms with van der Waals surface area (Å²) in [7, 11) is 0. The minimum atomic E-state index is -0.0193. The zero-order valence-electron chi connectivity index (χ0n) is 9.80. The van der Waals surface area contributed by atoms with Crippen LogP contribution in [0.4, 0.5) is 0 Å². The maximum Gasteiger partial charge on any atom is 0.217 e. The molecule has 1 N–H and O–H groups in total. The van der Waals surface area contributed by atoms with Crippen molar-refractivity contribution in [3.05, 3.63) is 39.9 Å². The molecular formula is C13H16ClNO. The summed E-state index contributed by atoms with van der Waals surface area (Å²) in [6.45, 7) is 6.11. The molecule has 0 saturated carbocycles. The number of carbonyl (C=O) groups excluding carboxylic acids is 1. The van der Waals surface area contributed by atoms with Crippen molar-refractivity contribution in [2.45, 2.75) is 20.8 Å². The molecule has 1 amide bonds. The molecule has 0 aliphatic carbocycles. The number of aryl methyl sites for hydroxylation is 2. The Hall–Kier alpha value is -1.28. The van der Waals surface area contributed by atoms with Gasteiger partial charge in [0, 0.05) is 18.5 Å². The van der Waals surface area contributed by atoms with Crippen molar-refractivity contribution < 1.29 is 4.79 Å². The summed E-state index contributed by atoms with van der Waals surface area (Å²) in [5, 5.41) is 3.47. The van der Waals surface area contributed by atoms with Crippen LogP contribution in [0, 0.1) is 13.8 Å². The van der Waals surface area contributed by atoms with Crippen LogP contribution >= 0.6 is 11.6 Å². The molecule has 0 atom stereocenters. The van der Waals surface area contributed by atoms with E-state index in [1.165, 1.54) is 6.92 Å². The van der Waals surface area contributed by atoms with Crippen molar-refractivity contribution >= 4 is 23.6 Å². The van der Waals surface area contributed by atoms with Gasteiger partial charge in [0.25, 0.3) is 0 Å². The molecule has 0 fully saturated rings. The Morgan fingerprint density at radius 1 is 1.38 bits per heavy atom. The van der Waals surface area contributed by atoms with Gasteiger partial charge in [-0.15, -0.1) is 0 Å². The zero-order chi connectivity index (χ0) is 12.1. The minimum absolute atomic E-state index is 0.0193. The molecule has 0 heterocycles. The van der Waals surface area contributed by atoms with E-state index in [0.717, 1.165) is 21.7 Å². The molecule has 0 aromatic heterocycles. The van der Waals surface area contributed by atoms with Crippen molar-refractivity contribution in [1.82, 2.24) is 5.32 Å². The third kappa shape index (κ3) is 3.70. The van der Waals surface area contributed by atoms with Gasteiger partial charge in [0.1, 0.15) is 0 Å². The van der Waals surface area contributed by atoms with E-state index in [1.807, 2.05) is 38.1 Å². The molecular weight excluding hydrogens is 222 g/mol. The Labute approximate surface area is 101 Å². The first kappa shape index (κ1) is 12.8. The molecule has 0 aliphatic heterocycles. The summed E-state index contributed by atoms with van der Waals surface area (Å²) >= 11 is 5.94. The van der Waals surface area contributed by atoms with Crippen LogP contribution in [0.5, 0.6) is 0 Å². The second-order valence-electron chi connectivity index (χ2n) is 3.79. The highest BCUT2D eigenvalue weighted by Gasteiger charge is 2.00. The highest BCUT2D eigenvalue weighted by Crippen LogP contribution is 2.21. The smallest absolute Gasteiger partial charge is 0.217 e. The molecule has 1 aromatic rings. The molecule has 16 heavy (non-hydrogen) atoms. The van der Waals surface area contributed by atoms with Crippen LogP contribution in [0.1, 0.15) is 23.6 Å². The van der Waals surface area contributed by atoms with E-state index in [0.29, 0.717) is 6.54 Å². The van der Waals surface area contributed by atoms with Crippen LogP contribution in [-0.2, 0) is 4.79 Å². The van der Waals surface area contributed by atoms with Gasteiger partial charge in [-0.1, -0.05) is 23.8 Å². The molecule has 1 aromatic carbocycles. The quantitative estimate of drug-likeness (QED) is 0.860. The molecule has 0 saturated heterocycles. The monoisotopic (exact) mass is 237 g/mol. The molecule has 3 heteroatoms. The first-order chi connectivity index (χ1) is 7.50. The van der Waals surface area contributed by atoms with Gasteiger partial charge < -0.3 is 5.32 Å². The van der Waals surface area contributed by atoms with E-state index < -0.39 is 0 Å². The first-order valence-electron chi connectivity index (χ1n) is 5.18. The molecule has 1 rings (SSSR count). The maximum absolute atomic E-state index is 10.7. The van der Waals surface area contributed by atoms with Crippen molar-refractivity contribution in [3.63, 3.8) is 0 Å². The molecule has 0 aliphatic rings. The first-order valence-corrected chi connectivity index (χ1v) is 5.56. The Kier molecular flexibility index (Phi) is 4.56. The largest absolute Gasteiger partial charge is 0.353 e. The highest BCUT2D eigenvalue weighted by molar-refractivity contribution is 6.30. The van der Waals surface area contributed by atoms with Gasteiger partial charge in [0.05, 0.1) is 0 Å². The Morgan fingerprint density at radius 2 is 1.94 bits per heavy atom. The van der Waals surface area contributed by atoms with E-state index in [4.69, 9.17) is 11.6 Å². The van der Waals surface area contributed by atoms with Crippen LogP contribution < -0.4 is 5.32 Å². The van der Waals surface area contributed by atoms with E-state index in [-0.39, 0.29) is 5.91 Å². The molecule has 2 nitrogen and oxygen atoms in total. The lowest BCUT2D eigenvalue weighted by Crippen LogP contribution is -2.19. The lowest BCUT2D eigenvalue weighted by molar-refractivity contribution is -0.118. The number of hydrogen-bond acceptors (Lipinski definition) is 1. The van der Waals surface area contributed by atoms with Crippen LogP contribution in [0.25, 0.3) is 6.08 Å². The SMILES string of the molecule is CC(=O)NCC=Cc1c(C)cc(Cl)cc1C. The van der Waals surface area contributed by atoms with Gasteiger partial charge in [-0.2, -0.15) is 0 Å². The van der Waals surface area contributed by atoms with Gasteiger partial charge in [0.2, 0.25) is 5.91 Å². The number of benzene rings is 1. The molecule has 0 unspecified atom stereocenters. The van der Waals surface area contributed by atoms with Crippen LogP contribution in [0.2, 0.25) is 5.02 Å². The summed E-state index contributed by atoms with van der Waals surface area (Å²) in [5.41, 5.74) is 3.45. The van der Waals surface area contributed by atoms with Crippen LogP contribution in [0.3, 0.4) is 0 Å². The Bertz CT molecular complexity index is 401. The van der Waals surface area contributed by atoms with E-state index >= 15 is 0 Å². The Balaban J connectivity index is 2.77. The molecule has 0 bridgehead atoms. The van der Waals surface area contributed by atoms with Crippen LogP contribution in [0.15, 0.2) is 18.2 Å². The predicted molar refractivity (Wildman–Crippen MR) is 68.6 cm³/mol. The predicted octanol–water partition coefficient (Wildman–Crippen LogP) is 3.11. The third-order valence-electron chi connectivity index (χ3n) is 2.31. The standard InChI is InChI=1S/C13H16ClNO/c1-9-7-12(14)8-10(2)13(9)5-4-6-15-11(3)16/h4-5,7-8H,6H2,1-3H3,(H,15,16). The van der Waals surface area contributed by atoms with Gasteiger partial charge in [-0.25, -0.2) is 0 Å². The topological polar surface area (TPSA) is 29.1 Å². The third-order valence-corrected chi connectivity index (χ3v) is 2.53. The summed E-state index contributed by atoms with van der Waals surface area (Å²) in [6, 6.07) is 3.87. The van der Waals surface area contributed by atoms with E-state index in [1.54, 1.807) is 0 Å². The Morgan fingerprint density at radius 3 is 2.44 bits per heavy atom. The number of hydrogen-bond donors (Lipinski definition) is 1. The highest BCUT2D eigenvalue weighted by atomic mass is 35.5. The number of carbonyl (C=O) groups is 1. The molecule has 86 valence electrons. The molecule has 0 spiro atoms. The number of nitrogens with one attached hydrogen (secondary N) is 1. The van der Waals surface area contributed by atoms with Gasteiger partial charge in [0.15, 0.2) is 0 Å². The second kappa shape index (κ2) is 5.71. The van der Waals surface area contributed by atoms with Crippen molar-refractivity contribution in [3.8, 4) is 0 Å². The van der Waals surface area contributed by atoms with Gasteiger partial charge in [-0.3, -0.25) is 4.79 Å². The summed E-state index contributed by atoms with van der Waals surface area (Å²) in [4.78, 5) is 10.7. The van der Waals surface area contributed by atoms with Crippen molar-refractivity contribution in [2.75, 3.05) is 6.54 Å². The van der Waals surface area contributed by atoms with Gasteiger partial charge in [-0.05, 0) is 42.7 Å². The van der Waals surface area contributed by atoms with E-state index in [9.17, 15) is 4.79 Å². The fourth-order valence-electron chi connectivity index (χ4n) is 1.56. The summed E-state index contributed by atoms with van der Waals surface area (Å²) in [5.74, 6) is -0.0193. The number of halogens is 1. The van der Waals surface area contributed by atoms with Crippen molar-refractivity contribution in [1.29, 1.82) is 0 Å². The fraction of sp³-hybridized carbons (Fsp3) is 0.308. The van der Waals surface area contributed by atoms with Crippen molar-refractivity contribution in [2.24, 2.45) is 0 Å².